The molecule has 3 rings (SSSR count). The molecule has 0 unspecified atom stereocenters. The van der Waals surface area contributed by atoms with Crippen molar-refractivity contribution in [2.45, 2.75) is 20.8 Å². The zero-order valence-corrected chi connectivity index (χ0v) is 16.6. The third-order valence-electron chi connectivity index (χ3n) is 4.18. The van der Waals surface area contributed by atoms with Gasteiger partial charge in [0.05, 0.1) is 19.0 Å². The molecule has 0 saturated carbocycles. The van der Waals surface area contributed by atoms with Crippen molar-refractivity contribution in [1.82, 2.24) is 15.2 Å². The number of ether oxygens (including phenoxy) is 1. The fourth-order valence-corrected chi connectivity index (χ4v) is 2.95. The Morgan fingerprint density at radius 3 is 2.70 bits per heavy atom. The van der Waals surface area contributed by atoms with Gasteiger partial charge in [0.2, 0.25) is 5.95 Å². The van der Waals surface area contributed by atoms with Gasteiger partial charge >= 0.3 is 0 Å². The minimum absolute atomic E-state index is 0.388. The predicted molar refractivity (Wildman–Crippen MR) is 110 cm³/mol. The second-order valence-corrected chi connectivity index (χ2v) is 6.56. The Balaban J connectivity index is 1.93. The summed E-state index contributed by atoms with van der Waals surface area (Å²) in [7, 11) is 1.60. The molecule has 7 heteroatoms. The molecule has 27 heavy (non-hydrogen) atoms. The maximum Gasteiger partial charge on any atom is 0.249 e. The van der Waals surface area contributed by atoms with Crippen LogP contribution in [0.3, 0.4) is 0 Å². The van der Waals surface area contributed by atoms with Crippen LogP contribution in [0, 0.1) is 13.8 Å². The molecule has 3 aromatic rings. The quantitative estimate of drug-likeness (QED) is 0.642. The van der Waals surface area contributed by atoms with E-state index in [-0.39, 0.29) is 0 Å². The largest absolute Gasteiger partial charge is 0.495 e. The summed E-state index contributed by atoms with van der Waals surface area (Å²) < 4.78 is 5.40. The summed E-state index contributed by atoms with van der Waals surface area (Å²) >= 11 is 6.18. The Morgan fingerprint density at radius 2 is 2.00 bits per heavy atom. The highest BCUT2D eigenvalue weighted by atomic mass is 35.5. The van der Waals surface area contributed by atoms with E-state index in [2.05, 4.69) is 57.4 Å². The highest BCUT2D eigenvalue weighted by Gasteiger charge is 2.13. The predicted octanol–water partition coefficient (Wildman–Crippen LogP) is 5.05. The Labute approximate surface area is 164 Å². The lowest BCUT2D eigenvalue weighted by Gasteiger charge is -2.22. The molecule has 0 aliphatic rings. The Morgan fingerprint density at radius 1 is 1.19 bits per heavy atom. The molecular weight excluding hydrogens is 362 g/mol. The van der Waals surface area contributed by atoms with Gasteiger partial charge in [-0.15, -0.1) is 5.10 Å². The summed E-state index contributed by atoms with van der Waals surface area (Å²) in [6, 6.07) is 11.9. The Kier molecular flexibility index (Phi) is 5.76. The molecule has 140 valence electrons. The molecule has 6 nitrogen and oxygen atoms in total. The first-order valence-electron chi connectivity index (χ1n) is 8.67. The van der Waals surface area contributed by atoms with Gasteiger partial charge in [0.25, 0.3) is 0 Å². The number of methoxy groups -OCH3 is 1. The standard InChI is InChI=1S/C20H22ClN5O/c1-5-26(15-8-6-7-13(2)9-15)19-12-22-25-20(24-19)23-17-10-14(3)16(21)11-18(17)27-4/h6-12H,5H2,1-4H3,(H,23,24,25). The molecule has 1 aromatic heterocycles. The molecule has 0 aliphatic carbocycles. The highest BCUT2D eigenvalue weighted by Crippen LogP contribution is 2.32. The average molecular weight is 384 g/mol. The van der Waals surface area contributed by atoms with E-state index in [4.69, 9.17) is 16.3 Å². The topological polar surface area (TPSA) is 63.2 Å². The average Bonchev–Trinajstić information content (AvgIpc) is 2.65. The number of rotatable bonds is 6. The number of anilines is 4. The normalized spacial score (nSPS) is 10.6. The first-order valence-corrected chi connectivity index (χ1v) is 9.04. The van der Waals surface area contributed by atoms with E-state index in [1.165, 1.54) is 5.56 Å². The number of nitrogens with zero attached hydrogens (tertiary/aromatic N) is 4. The van der Waals surface area contributed by atoms with Crippen molar-refractivity contribution in [2.24, 2.45) is 0 Å². The Hall–Kier alpha value is -2.86. The smallest absolute Gasteiger partial charge is 0.249 e. The van der Waals surface area contributed by atoms with Gasteiger partial charge in [0, 0.05) is 23.3 Å². The molecular formula is C20H22ClN5O. The van der Waals surface area contributed by atoms with Crippen LogP contribution in [-0.2, 0) is 0 Å². The van der Waals surface area contributed by atoms with E-state index < -0.39 is 0 Å². The van der Waals surface area contributed by atoms with Gasteiger partial charge in [-0.05, 0) is 50.1 Å². The van der Waals surface area contributed by atoms with E-state index in [0.717, 1.165) is 23.5 Å². The SMILES string of the molecule is CCN(c1cccc(C)c1)c1cnnc(Nc2cc(C)c(Cl)cc2OC)n1. The number of nitrogens with one attached hydrogen (secondary N) is 1. The van der Waals surface area contributed by atoms with Crippen LogP contribution in [0.4, 0.5) is 23.1 Å². The monoisotopic (exact) mass is 383 g/mol. The van der Waals surface area contributed by atoms with Gasteiger partial charge in [-0.2, -0.15) is 10.1 Å². The van der Waals surface area contributed by atoms with Crippen LogP contribution in [0.1, 0.15) is 18.1 Å². The minimum Gasteiger partial charge on any atom is -0.495 e. The highest BCUT2D eigenvalue weighted by molar-refractivity contribution is 6.31. The van der Waals surface area contributed by atoms with Crippen LogP contribution in [0.5, 0.6) is 5.75 Å². The Bertz CT molecular complexity index is 947. The van der Waals surface area contributed by atoms with Gasteiger partial charge in [0.15, 0.2) is 5.82 Å². The van der Waals surface area contributed by atoms with Crippen LogP contribution >= 0.6 is 11.6 Å². The summed E-state index contributed by atoms with van der Waals surface area (Å²) in [4.78, 5) is 6.71. The first-order chi connectivity index (χ1) is 13.0. The summed E-state index contributed by atoms with van der Waals surface area (Å²) in [5, 5.41) is 12.0. The molecule has 0 fully saturated rings. The number of halogens is 1. The fraction of sp³-hybridized carbons (Fsp3) is 0.250. The molecule has 1 heterocycles. The van der Waals surface area contributed by atoms with Gasteiger partial charge in [-0.1, -0.05) is 23.7 Å². The van der Waals surface area contributed by atoms with E-state index in [1.54, 1.807) is 19.4 Å². The van der Waals surface area contributed by atoms with Crippen molar-refractivity contribution in [3.8, 4) is 5.75 Å². The maximum atomic E-state index is 6.18. The van der Waals surface area contributed by atoms with Crippen molar-refractivity contribution >= 4 is 34.7 Å². The lowest BCUT2D eigenvalue weighted by Crippen LogP contribution is -2.18. The minimum atomic E-state index is 0.388. The zero-order chi connectivity index (χ0) is 19.4. The number of aromatic nitrogens is 3. The second-order valence-electron chi connectivity index (χ2n) is 6.15. The van der Waals surface area contributed by atoms with Crippen molar-refractivity contribution in [1.29, 1.82) is 0 Å². The molecule has 0 radical (unpaired) electrons. The molecule has 0 atom stereocenters. The number of hydrogen-bond donors (Lipinski definition) is 1. The lowest BCUT2D eigenvalue weighted by molar-refractivity contribution is 0.416. The molecule has 0 saturated heterocycles. The van der Waals surface area contributed by atoms with Crippen LogP contribution in [0.15, 0.2) is 42.6 Å². The van der Waals surface area contributed by atoms with E-state index >= 15 is 0 Å². The molecule has 0 amide bonds. The third-order valence-corrected chi connectivity index (χ3v) is 4.59. The molecule has 0 spiro atoms. The van der Waals surface area contributed by atoms with Gasteiger partial charge < -0.3 is 15.0 Å². The molecule has 1 N–H and O–H groups in total. The number of hydrogen-bond acceptors (Lipinski definition) is 6. The van der Waals surface area contributed by atoms with Gasteiger partial charge in [0.1, 0.15) is 5.75 Å². The van der Waals surface area contributed by atoms with Crippen molar-refractivity contribution < 1.29 is 4.74 Å². The molecule has 2 aromatic carbocycles. The van der Waals surface area contributed by atoms with Crippen LogP contribution in [0.2, 0.25) is 5.02 Å². The lowest BCUT2D eigenvalue weighted by atomic mass is 10.2. The molecule has 0 bridgehead atoms. The van der Waals surface area contributed by atoms with E-state index in [9.17, 15) is 0 Å². The van der Waals surface area contributed by atoms with Crippen molar-refractivity contribution in [3.05, 3.63) is 58.7 Å². The summed E-state index contributed by atoms with van der Waals surface area (Å²) in [5.74, 6) is 1.72. The van der Waals surface area contributed by atoms with Crippen LogP contribution < -0.4 is 15.0 Å². The third kappa shape index (κ3) is 4.28. The zero-order valence-electron chi connectivity index (χ0n) is 15.8. The number of aryl methyl sites for hydroxylation is 2. The summed E-state index contributed by atoms with van der Waals surface area (Å²) in [6.45, 7) is 6.82. The van der Waals surface area contributed by atoms with E-state index in [1.807, 2.05) is 19.1 Å². The summed E-state index contributed by atoms with van der Waals surface area (Å²) in [6.07, 6.45) is 1.65. The van der Waals surface area contributed by atoms with Gasteiger partial charge in [-0.25, -0.2) is 0 Å². The number of benzene rings is 2. The van der Waals surface area contributed by atoms with Crippen molar-refractivity contribution in [2.75, 3.05) is 23.9 Å². The fourth-order valence-electron chi connectivity index (χ4n) is 2.80. The van der Waals surface area contributed by atoms with E-state index in [0.29, 0.717) is 22.5 Å². The summed E-state index contributed by atoms with van der Waals surface area (Å²) in [5.41, 5.74) is 3.91. The van der Waals surface area contributed by atoms with Crippen molar-refractivity contribution in [3.63, 3.8) is 0 Å². The molecule has 0 aliphatic heterocycles. The van der Waals surface area contributed by atoms with Crippen LogP contribution in [-0.4, -0.2) is 28.8 Å². The van der Waals surface area contributed by atoms with Crippen LogP contribution in [0.25, 0.3) is 0 Å². The van der Waals surface area contributed by atoms with Gasteiger partial charge in [-0.3, -0.25) is 0 Å². The maximum absolute atomic E-state index is 6.18. The second kappa shape index (κ2) is 8.22. The first kappa shape index (κ1) is 18.9.